The van der Waals surface area contributed by atoms with Crippen molar-refractivity contribution < 1.29 is 8.78 Å². The second-order valence-corrected chi connectivity index (χ2v) is 3.05. The lowest BCUT2D eigenvalue weighted by molar-refractivity contribution is 0.499. The summed E-state index contributed by atoms with van der Waals surface area (Å²) < 4.78 is 25.7. The number of pyridine rings is 1. The maximum absolute atomic E-state index is 12.6. The van der Waals surface area contributed by atoms with E-state index in [9.17, 15) is 8.78 Å². The van der Waals surface area contributed by atoms with Gasteiger partial charge in [-0.2, -0.15) is 13.8 Å². The van der Waals surface area contributed by atoms with Crippen LogP contribution in [0.1, 0.15) is 11.1 Å². The van der Waals surface area contributed by atoms with Gasteiger partial charge in [0.05, 0.1) is 0 Å². The van der Waals surface area contributed by atoms with E-state index in [1.54, 1.807) is 13.8 Å². The fourth-order valence-electron chi connectivity index (χ4n) is 0.716. The van der Waals surface area contributed by atoms with Crippen LogP contribution in [0.2, 0.25) is 0 Å². The van der Waals surface area contributed by atoms with E-state index in [0.29, 0.717) is 15.6 Å². The molecule has 0 saturated heterocycles. The second kappa shape index (κ2) is 2.85. The van der Waals surface area contributed by atoms with E-state index in [4.69, 9.17) is 0 Å². The molecule has 0 N–H and O–H groups in total. The topological polar surface area (TPSA) is 12.9 Å². The number of hydrogen-bond acceptors (Lipinski definition) is 1. The zero-order valence-electron chi connectivity index (χ0n) is 6.08. The van der Waals surface area contributed by atoms with E-state index in [1.165, 1.54) is 0 Å². The molecule has 0 bridgehead atoms. The van der Waals surface area contributed by atoms with Gasteiger partial charge in [0.2, 0.25) is 11.9 Å². The minimum absolute atomic E-state index is 0.337. The second-order valence-electron chi connectivity index (χ2n) is 2.26. The summed E-state index contributed by atoms with van der Waals surface area (Å²) in [4.78, 5) is 3.07. The molecule has 0 aromatic carbocycles. The molecule has 0 unspecified atom stereocenters. The number of aromatic nitrogens is 1. The van der Waals surface area contributed by atoms with Crippen molar-refractivity contribution in [2.75, 3.05) is 0 Å². The third kappa shape index (κ3) is 1.40. The van der Waals surface area contributed by atoms with E-state index >= 15 is 0 Å². The Hall–Kier alpha value is -0.510. The third-order valence-corrected chi connectivity index (χ3v) is 2.66. The average molecular weight is 222 g/mol. The molecule has 4 heteroatoms. The van der Waals surface area contributed by atoms with Crippen LogP contribution in [0.3, 0.4) is 0 Å². The highest BCUT2D eigenvalue weighted by molar-refractivity contribution is 9.10. The van der Waals surface area contributed by atoms with Gasteiger partial charge in [-0.05, 0) is 29.8 Å². The molecule has 0 aliphatic heterocycles. The zero-order valence-corrected chi connectivity index (χ0v) is 7.67. The van der Waals surface area contributed by atoms with E-state index in [2.05, 4.69) is 20.9 Å². The fourth-order valence-corrected chi connectivity index (χ4v) is 1.04. The minimum atomic E-state index is -0.764. The van der Waals surface area contributed by atoms with E-state index in [1.807, 2.05) is 0 Å². The Morgan fingerprint density at radius 3 is 1.82 bits per heavy atom. The van der Waals surface area contributed by atoms with Gasteiger partial charge in [0, 0.05) is 15.6 Å². The predicted octanol–water partition coefficient (Wildman–Crippen LogP) is 2.74. The molecule has 0 radical (unpaired) electrons. The van der Waals surface area contributed by atoms with Gasteiger partial charge in [0.1, 0.15) is 0 Å². The molecule has 0 aliphatic rings. The Morgan fingerprint density at radius 1 is 1.09 bits per heavy atom. The first-order chi connectivity index (χ1) is 5.04. The first-order valence-corrected chi connectivity index (χ1v) is 3.81. The van der Waals surface area contributed by atoms with Crippen LogP contribution in [0.25, 0.3) is 0 Å². The zero-order chi connectivity index (χ0) is 8.59. The Kier molecular flexibility index (Phi) is 2.23. The molecule has 1 nitrogen and oxygen atoms in total. The maximum Gasteiger partial charge on any atom is 0.219 e. The van der Waals surface area contributed by atoms with Crippen molar-refractivity contribution in [1.82, 2.24) is 4.98 Å². The van der Waals surface area contributed by atoms with Crippen molar-refractivity contribution in [3.63, 3.8) is 0 Å². The molecule has 11 heavy (non-hydrogen) atoms. The van der Waals surface area contributed by atoms with Gasteiger partial charge >= 0.3 is 0 Å². The molecular formula is C7H6BrF2N. The lowest BCUT2D eigenvalue weighted by Crippen LogP contribution is -1.97. The van der Waals surface area contributed by atoms with Crippen molar-refractivity contribution in [2.45, 2.75) is 13.8 Å². The van der Waals surface area contributed by atoms with Crippen molar-refractivity contribution in [3.8, 4) is 0 Å². The van der Waals surface area contributed by atoms with Gasteiger partial charge < -0.3 is 0 Å². The first-order valence-electron chi connectivity index (χ1n) is 3.01. The van der Waals surface area contributed by atoms with Gasteiger partial charge in [-0.1, -0.05) is 0 Å². The average Bonchev–Trinajstić information content (AvgIpc) is 1.97. The molecule has 0 amide bonds. The molecule has 0 spiro atoms. The van der Waals surface area contributed by atoms with Crippen LogP contribution >= 0.6 is 15.9 Å². The Bertz CT molecular complexity index is 273. The van der Waals surface area contributed by atoms with Crippen molar-refractivity contribution in [2.24, 2.45) is 0 Å². The summed E-state index contributed by atoms with van der Waals surface area (Å²) in [6, 6.07) is 0. The van der Waals surface area contributed by atoms with Gasteiger partial charge in [0.15, 0.2) is 0 Å². The van der Waals surface area contributed by atoms with Crippen LogP contribution in [0.15, 0.2) is 4.47 Å². The third-order valence-electron chi connectivity index (χ3n) is 1.47. The summed E-state index contributed by atoms with van der Waals surface area (Å²) in [5, 5.41) is 0. The molecule has 1 rings (SSSR count). The summed E-state index contributed by atoms with van der Waals surface area (Å²) in [5.41, 5.74) is 0.674. The molecule has 0 aliphatic carbocycles. The van der Waals surface area contributed by atoms with Crippen LogP contribution < -0.4 is 0 Å². The summed E-state index contributed by atoms with van der Waals surface area (Å²) in [5.74, 6) is -1.53. The van der Waals surface area contributed by atoms with Gasteiger partial charge in [-0.15, -0.1) is 0 Å². The molecule has 0 atom stereocenters. The summed E-state index contributed by atoms with van der Waals surface area (Å²) in [6.07, 6.45) is 0. The van der Waals surface area contributed by atoms with Gasteiger partial charge in [-0.3, -0.25) is 0 Å². The predicted molar refractivity (Wildman–Crippen MR) is 41.3 cm³/mol. The highest BCUT2D eigenvalue weighted by Crippen LogP contribution is 2.23. The Labute approximate surface area is 71.6 Å². The van der Waals surface area contributed by atoms with Gasteiger partial charge in [-0.25, -0.2) is 0 Å². The largest absolute Gasteiger partial charge is 0.219 e. The van der Waals surface area contributed by atoms with Crippen LogP contribution in [-0.4, -0.2) is 4.98 Å². The van der Waals surface area contributed by atoms with Gasteiger partial charge in [0.25, 0.3) is 0 Å². The van der Waals surface area contributed by atoms with Crippen LogP contribution in [0.4, 0.5) is 8.78 Å². The molecule has 0 saturated carbocycles. The van der Waals surface area contributed by atoms with Crippen molar-refractivity contribution in [1.29, 1.82) is 0 Å². The quantitative estimate of drug-likeness (QED) is 0.615. The monoisotopic (exact) mass is 221 g/mol. The molecule has 60 valence electrons. The normalized spacial score (nSPS) is 10.3. The minimum Gasteiger partial charge on any atom is -0.190 e. The summed E-state index contributed by atoms with van der Waals surface area (Å²) in [7, 11) is 0. The Balaban J connectivity index is 3.46. The fraction of sp³-hybridized carbons (Fsp3) is 0.286. The Morgan fingerprint density at radius 2 is 1.45 bits per heavy atom. The standard InChI is InChI=1S/C7H6BrF2N/c1-3-5(8)4(2)7(10)11-6(3)9/h1-2H3. The molecule has 0 fully saturated rings. The van der Waals surface area contributed by atoms with Crippen LogP contribution in [-0.2, 0) is 0 Å². The lowest BCUT2D eigenvalue weighted by atomic mass is 10.2. The molecule has 1 heterocycles. The number of nitrogens with zero attached hydrogens (tertiary/aromatic N) is 1. The van der Waals surface area contributed by atoms with Crippen molar-refractivity contribution in [3.05, 3.63) is 27.5 Å². The van der Waals surface area contributed by atoms with E-state index in [-0.39, 0.29) is 0 Å². The number of rotatable bonds is 0. The van der Waals surface area contributed by atoms with Crippen molar-refractivity contribution >= 4 is 15.9 Å². The summed E-state index contributed by atoms with van der Waals surface area (Å²) in [6.45, 7) is 3.08. The molecule has 1 aromatic rings. The molecular weight excluding hydrogens is 216 g/mol. The lowest BCUT2D eigenvalue weighted by Gasteiger charge is -2.02. The highest BCUT2D eigenvalue weighted by atomic mass is 79.9. The first kappa shape index (κ1) is 8.59. The number of halogens is 3. The smallest absolute Gasteiger partial charge is 0.190 e. The van der Waals surface area contributed by atoms with Crippen LogP contribution in [0.5, 0.6) is 0 Å². The number of hydrogen-bond donors (Lipinski definition) is 0. The van der Waals surface area contributed by atoms with Crippen LogP contribution in [0, 0.1) is 25.7 Å². The summed E-state index contributed by atoms with van der Waals surface area (Å²) >= 11 is 3.06. The maximum atomic E-state index is 12.6. The SMILES string of the molecule is Cc1c(F)nc(F)c(C)c1Br. The van der Waals surface area contributed by atoms with E-state index in [0.717, 1.165) is 0 Å². The van der Waals surface area contributed by atoms with E-state index < -0.39 is 11.9 Å². The highest BCUT2D eigenvalue weighted by Gasteiger charge is 2.10. The molecule has 1 aromatic heterocycles.